The maximum atomic E-state index is 12.4. The van der Waals surface area contributed by atoms with Crippen molar-refractivity contribution in [2.75, 3.05) is 6.61 Å². The summed E-state index contributed by atoms with van der Waals surface area (Å²) in [5, 5.41) is 0. The first-order chi connectivity index (χ1) is 16.0. The maximum absolute atomic E-state index is 12.4. The lowest BCUT2D eigenvalue weighted by atomic mass is 9.63. The van der Waals surface area contributed by atoms with Gasteiger partial charge in [-0.1, -0.05) is 66.2 Å². The Morgan fingerprint density at radius 3 is 1.58 bits per heavy atom. The molecule has 2 atom stereocenters. The number of hydrogen-bond acceptors (Lipinski definition) is 2. The molecule has 0 aromatic heterocycles. The molecular weight excluding hydrogens is 404 g/mol. The number of hydrogen-bond donors (Lipinski definition) is 0. The van der Waals surface area contributed by atoms with Crippen LogP contribution in [0.3, 0.4) is 0 Å². The molecule has 0 spiro atoms. The highest BCUT2D eigenvalue weighted by Gasteiger charge is 2.37. The molecule has 2 heteroatoms. The molecule has 33 heavy (non-hydrogen) atoms. The summed E-state index contributed by atoms with van der Waals surface area (Å²) in [5.41, 5.74) is 0. The van der Waals surface area contributed by atoms with E-state index in [0.717, 1.165) is 60.7 Å². The first-order valence-electron chi connectivity index (χ1n) is 15.2. The highest BCUT2D eigenvalue weighted by molar-refractivity contribution is 5.72. The van der Waals surface area contributed by atoms with Crippen LogP contribution in [0.1, 0.15) is 137 Å². The van der Waals surface area contributed by atoms with Crippen molar-refractivity contribution in [1.82, 2.24) is 0 Å². The van der Waals surface area contributed by atoms with Crippen LogP contribution in [0.4, 0.5) is 0 Å². The van der Waals surface area contributed by atoms with Gasteiger partial charge in [0, 0.05) is 0 Å². The predicted octanol–water partition coefficient (Wildman–Crippen LogP) is 9.21. The fourth-order valence-corrected chi connectivity index (χ4v) is 7.90. The molecule has 2 unspecified atom stereocenters. The fraction of sp³-hybridized carbons (Fsp3) is 0.968. The third kappa shape index (κ3) is 7.99. The lowest BCUT2D eigenvalue weighted by Crippen LogP contribution is -2.33. The van der Waals surface area contributed by atoms with Gasteiger partial charge in [-0.25, -0.2) is 0 Å². The van der Waals surface area contributed by atoms with Crippen LogP contribution < -0.4 is 0 Å². The molecule has 2 nitrogen and oxygen atoms in total. The summed E-state index contributed by atoms with van der Waals surface area (Å²) in [6.45, 7) is 10.3. The first kappa shape index (κ1) is 27.1. The number of rotatable bonds is 11. The molecule has 3 fully saturated rings. The minimum absolute atomic E-state index is 0.0930. The van der Waals surface area contributed by atoms with Crippen LogP contribution in [0.2, 0.25) is 0 Å². The van der Waals surface area contributed by atoms with Crippen molar-refractivity contribution in [1.29, 1.82) is 0 Å². The molecule has 0 aromatic rings. The summed E-state index contributed by atoms with van der Waals surface area (Å²) < 4.78 is 5.56. The van der Waals surface area contributed by atoms with E-state index in [2.05, 4.69) is 27.7 Å². The van der Waals surface area contributed by atoms with Crippen molar-refractivity contribution >= 4 is 5.97 Å². The lowest BCUT2D eigenvalue weighted by Gasteiger charge is -2.42. The normalized spacial score (nSPS) is 35.0. The van der Waals surface area contributed by atoms with Gasteiger partial charge in [0.25, 0.3) is 0 Å². The van der Waals surface area contributed by atoms with Crippen LogP contribution in [0.15, 0.2) is 0 Å². The fourth-order valence-electron chi connectivity index (χ4n) is 7.90. The Morgan fingerprint density at radius 1 is 0.667 bits per heavy atom. The minimum atomic E-state index is 0.0930. The highest BCUT2D eigenvalue weighted by Crippen LogP contribution is 2.46. The summed E-state index contributed by atoms with van der Waals surface area (Å²) in [7, 11) is 0. The molecular formula is C31H56O2. The lowest BCUT2D eigenvalue weighted by molar-refractivity contribution is -0.150. The molecule has 0 bridgehead atoms. The van der Waals surface area contributed by atoms with Crippen LogP contribution in [-0.2, 0) is 9.53 Å². The van der Waals surface area contributed by atoms with Gasteiger partial charge in [-0.15, -0.1) is 0 Å². The van der Waals surface area contributed by atoms with Gasteiger partial charge in [-0.2, -0.15) is 0 Å². The molecule has 0 heterocycles. The smallest absolute Gasteiger partial charge is 0.308 e. The minimum Gasteiger partial charge on any atom is -0.465 e. The Hall–Kier alpha value is -0.530. The second kappa shape index (κ2) is 14.1. The molecule has 0 saturated heterocycles. The highest BCUT2D eigenvalue weighted by atomic mass is 16.5. The van der Waals surface area contributed by atoms with Crippen LogP contribution >= 0.6 is 0 Å². The second-order valence-corrected chi connectivity index (χ2v) is 12.4. The Bertz CT molecular complexity index is 533. The first-order valence-corrected chi connectivity index (χ1v) is 15.2. The van der Waals surface area contributed by atoms with E-state index in [9.17, 15) is 4.79 Å². The quantitative estimate of drug-likeness (QED) is 0.227. The molecule has 3 saturated carbocycles. The van der Waals surface area contributed by atoms with Crippen molar-refractivity contribution in [3.05, 3.63) is 0 Å². The molecule has 0 amide bonds. The SMILES string of the molecule is CCCCCOC(=O)[C@H]1CC[C@H](C(C)C2CCC(C(C)C3CCC(CCC)CC3)CC2)CC1. The van der Waals surface area contributed by atoms with E-state index in [1.54, 1.807) is 0 Å². The van der Waals surface area contributed by atoms with Gasteiger partial charge >= 0.3 is 5.97 Å². The van der Waals surface area contributed by atoms with Crippen LogP contribution in [0, 0.1) is 47.3 Å². The van der Waals surface area contributed by atoms with Crippen molar-refractivity contribution in [3.8, 4) is 0 Å². The molecule has 0 N–H and O–H groups in total. The Kier molecular flexibility index (Phi) is 11.6. The number of carbonyl (C=O) groups excluding carboxylic acids is 1. The van der Waals surface area contributed by atoms with Gasteiger partial charge in [-0.05, 0) is 112 Å². The molecule has 0 aliphatic heterocycles. The third-order valence-electron chi connectivity index (χ3n) is 10.5. The Balaban J connectivity index is 1.34. The molecule has 0 radical (unpaired) electrons. The molecule has 192 valence electrons. The van der Waals surface area contributed by atoms with Crippen LogP contribution in [-0.4, -0.2) is 12.6 Å². The van der Waals surface area contributed by atoms with Crippen molar-refractivity contribution in [2.24, 2.45) is 47.3 Å². The van der Waals surface area contributed by atoms with E-state index in [-0.39, 0.29) is 11.9 Å². The second-order valence-electron chi connectivity index (χ2n) is 12.4. The van der Waals surface area contributed by atoms with Crippen LogP contribution in [0.25, 0.3) is 0 Å². The van der Waals surface area contributed by atoms with E-state index in [0.29, 0.717) is 6.61 Å². The molecule has 0 aromatic carbocycles. The molecule has 3 aliphatic rings. The number of esters is 1. The Morgan fingerprint density at radius 2 is 1.12 bits per heavy atom. The number of unbranched alkanes of at least 4 members (excludes halogenated alkanes) is 2. The van der Waals surface area contributed by atoms with Crippen LogP contribution in [0.5, 0.6) is 0 Å². The monoisotopic (exact) mass is 460 g/mol. The van der Waals surface area contributed by atoms with E-state index < -0.39 is 0 Å². The van der Waals surface area contributed by atoms with Crippen molar-refractivity contribution in [3.63, 3.8) is 0 Å². The van der Waals surface area contributed by atoms with E-state index in [1.807, 2.05) is 0 Å². The predicted molar refractivity (Wildman–Crippen MR) is 140 cm³/mol. The summed E-state index contributed by atoms with van der Waals surface area (Å²) in [6.07, 6.45) is 22.7. The summed E-state index contributed by atoms with van der Waals surface area (Å²) in [4.78, 5) is 12.4. The maximum Gasteiger partial charge on any atom is 0.308 e. The van der Waals surface area contributed by atoms with Crippen molar-refractivity contribution in [2.45, 2.75) is 137 Å². The number of carbonyl (C=O) groups is 1. The zero-order valence-corrected chi connectivity index (χ0v) is 22.7. The molecule has 3 rings (SSSR count). The van der Waals surface area contributed by atoms with E-state index >= 15 is 0 Å². The van der Waals surface area contributed by atoms with Gasteiger partial charge in [0.2, 0.25) is 0 Å². The Labute approximate surface area is 206 Å². The van der Waals surface area contributed by atoms with Gasteiger partial charge in [0.1, 0.15) is 0 Å². The zero-order chi connectivity index (χ0) is 23.6. The zero-order valence-electron chi connectivity index (χ0n) is 22.7. The van der Waals surface area contributed by atoms with E-state index in [4.69, 9.17) is 4.74 Å². The standard InChI is InChI=1S/C31H56O2/c1-5-7-8-22-33-31(32)30-20-18-29(19-21-30)24(4)28-16-14-27(15-17-28)23(3)26-12-10-25(9-6-2)11-13-26/h23-30H,5-22H2,1-4H3/t23?,24?,25?,26?,27?,28?,29-,30-. The summed E-state index contributed by atoms with van der Waals surface area (Å²) >= 11 is 0. The summed E-state index contributed by atoms with van der Waals surface area (Å²) in [5.74, 6) is 6.85. The largest absolute Gasteiger partial charge is 0.465 e. The van der Waals surface area contributed by atoms with Gasteiger partial charge < -0.3 is 4.74 Å². The number of ether oxygens (including phenoxy) is 1. The van der Waals surface area contributed by atoms with E-state index in [1.165, 1.54) is 89.9 Å². The third-order valence-corrected chi connectivity index (χ3v) is 10.5. The van der Waals surface area contributed by atoms with Crippen molar-refractivity contribution < 1.29 is 9.53 Å². The topological polar surface area (TPSA) is 26.3 Å². The van der Waals surface area contributed by atoms with Gasteiger partial charge in [-0.3, -0.25) is 4.79 Å². The average Bonchev–Trinajstić information content (AvgIpc) is 2.86. The molecule has 3 aliphatic carbocycles. The van der Waals surface area contributed by atoms with Gasteiger partial charge in [0.15, 0.2) is 0 Å². The average molecular weight is 461 g/mol. The van der Waals surface area contributed by atoms with Gasteiger partial charge in [0.05, 0.1) is 12.5 Å². The summed E-state index contributed by atoms with van der Waals surface area (Å²) in [6, 6.07) is 0.